The van der Waals surface area contributed by atoms with E-state index in [1.807, 2.05) is 31.3 Å². The maximum atomic E-state index is 4.77. The third-order valence-corrected chi connectivity index (χ3v) is 1.33. The number of rotatable bonds is 2. The van der Waals surface area contributed by atoms with Gasteiger partial charge in [-0.2, -0.15) is 0 Å². The summed E-state index contributed by atoms with van der Waals surface area (Å²) in [4.78, 5) is 4.13. The van der Waals surface area contributed by atoms with Gasteiger partial charge >= 0.3 is 0 Å². The van der Waals surface area contributed by atoms with Gasteiger partial charge in [0.15, 0.2) is 0 Å². The number of nitrogens with zero attached hydrogens (tertiary/aromatic N) is 1. The number of hydrogen-bond donors (Lipinski definition) is 0. The third kappa shape index (κ3) is 2.42. The van der Waals surface area contributed by atoms with Crippen molar-refractivity contribution in [2.45, 2.75) is 6.92 Å². The van der Waals surface area contributed by atoms with E-state index in [4.69, 9.17) is 4.74 Å². The Labute approximate surface area is 66.5 Å². The normalized spacial score (nSPS) is 10.4. The molecular weight excluding hydrogens is 138 g/mol. The molecule has 2 nitrogen and oxygen atoms in total. The maximum absolute atomic E-state index is 4.77. The molecule has 1 aromatic rings. The van der Waals surface area contributed by atoms with Gasteiger partial charge in [-0.3, -0.25) is 4.98 Å². The van der Waals surface area contributed by atoms with E-state index in [2.05, 4.69) is 4.98 Å². The quantitative estimate of drug-likeness (QED) is 0.600. The number of methoxy groups -OCH3 is 1. The van der Waals surface area contributed by atoms with Gasteiger partial charge in [0.2, 0.25) is 0 Å². The molecule has 0 bridgehead atoms. The highest BCUT2D eigenvalue weighted by Crippen LogP contribution is 2.00. The maximum Gasteiger partial charge on any atom is 0.0831 e. The highest BCUT2D eigenvalue weighted by atomic mass is 16.5. The Kier molecular flexibility index (Phi) is 2.66. The Morgan fingerprint density at radius 2 is 2.27 bits per heavy atom. The van der Waals surface area contributed by atoms with Crippen LogP contribution in [0.5, 0.6) is 0 Å². The molecule has 11 heavy (non-hydrogen) atoms. The highest BCUT2D eigenvalue weighted by molar-refractivity contribution is 5.46. The number of hydrogen-bond acceptors (Lipinski definition) is 2. The largest absolute Gasteiger partial charge is 0.504 e. The van der Waals surface area contributed by atoms with E-state index >= 15 is 0 Å². The molecule has 2 heteroatoms. The van der Waals surface area contributed by atoms with Crippen molar-refractivity contribution in [3.8, 4) is 0 Å². The van der Waals surface area contributed by atoms with Crippen molar-refractivity contribution in [2.24, 2.45) is 0 Å². The van der Waals surface area contributed by atoms with Gasteiger partial charge in [0.25, 0.3) is 0 Å². The van der Waals surface area contributed by atoms with Gasteiger partial charge in [0.05, 0.1) is 13.4 Å². The van der Waals surface area contributed by atoms with Gasteiger partial charge in [-0.25, -0.2) is 0 Å². The van der Waals surface area contributed by atoms with Crippen LogP contribution < -0.4 is 0 Å². The van der Waals surface area contributed by atoms with Crippen LogP contribution in [0.2, 0.25) is 0 Å². The second kappa shape index (κ2) is 3.76. The minimum atomic E-state index is 1.03. The second-order valence-corrected chi connectivity index (χ2v) is 2.27. The summed E-state index contributed by atoms with van der Waals surface area (Å²) < 4.78 is 4.77. The lowest BCUT2D eigenvalue weighted by atomic mass is 10.2. The van der Waals surface area contributed by atoms with Crippen LogP contribution in [0.1, 0.15) is 11.3 Å². The average molecular weight is 149 g/mol. The zero-order chi connectivity index (χ0) is 8.10. The van der Waals surface area contributed by atoms with Crippen LogP contribution in [-0.2, 0) is 4.74 Å². The summed E-state index contributed by atoms with van der Waals surface area (Å²) in [6.45, 7) is 1.96. The summed E-state index contributed by atoms with van der Waals surface area (Å²) in [7, 11) is 1.62. The topological polar surface area (TPSA) is 22.1 Å². The molecule has 0 saturated carbocycles. The SMILES string of the molecule is CO/C=C/c1ccc(C)nc1. The van der Waals surface area contributed by atoms with Crippen molar-refractivity contribution in [3.05, 3.63) is 35.8 Å². The molecule has 0 aliphatic rings. The lowest BCUT2D eigenvalue weighted by Crippen LogP contribution is -1.79. The minimum Gasteiger partial charge on any atom is -0.504 e. The van der Waals surface area contributed by atoms with Crippen molar-refractivity contribution >= 4 is 6.08 Å². The molecule has 1 aromatic heterocycles. The molecule has 0 spiro atoms. The number of aromatic nitrogens is 1. The minimum absolute atomic E-state index is 1.03. The first-order valence-corrected chi connectivity index (χ1v) is 3.45. The summed E-state index contributed by atoms with van der Waals surface area (Å²) >= 11 is 0. The zero-order valence-electron chi connectivity index (χ0n) is 6.74. The smallest absolute Gasteiger partial charge is 0.0831 e. The molecule has 0 saturated heterocycles. The van der Waals surface area contributed by atoms with Crippen LogP contribution in [0, 0.1) is 6.92 Å². The van der Waals surface area contributed by atoms with E-state index in [9.17, 15) is 0 Å². The first-order valence-electron chi connectivity index (χ1n) is 3.45. The van der Waals surface area contributed by atoms with Crippen LogP contribution in [0.3, 0.4) is 0 Å². The Hall–Kier alpha value is -1.31. The first-order chi connectivity index (χ1) is 5.33. The standard InChI is InChI=1S/C9H11NO/c1-8-3-4-9(7-10-8)5-6-11-2/h3-7H,1-2H3/b6-5+. The van der Waals surface area contributed by atoms with E-state index < -0.39 is 0 Å². The van der Waals surface area contributed by atoms with E-state index in [1.165, 1.54) is 0 Å². The lowest BCUT2D eigenvalue weighted by Gasteiger charge is -1.92. The van der Waals surface area contributed by atoms with Gasteiger partial charge < -0.3 is 4.74 Å². The van der Waals surface area contributed by atoms with E-state index in [-0.39, 0.29) is 0 Å². The van der Waals surface area contributed by atoms with Crippen molar-refractivity contribution < 1.29 is 4.74 Å². The summed E-state index contributed by atoms with van der Waals surface area (Å²) in [6, 6.07) is 3.97. The van der Waals surface area contributed by atoms with E-state index in [1.54, 1.807) is 13.4 Å². The zero-order valence-corrected chi connectivity index (χ0v) is 6.74. The van der Waals surface area contributed by atoms with Crippen LogP contribution >= 0.6 is 0 Å². The van der Waals surface area contributed by atoms with Gasteiger partial charge in [-0.1, -0.05) is 6.07 Å². The Morgan fingerprint density at radius 3 is 2.82 bits per heavy atom. The van der Waals surface area contributed by atoms with Crippen molar-refractivity contribution in [1.29, 1.82) is 0 Å². The molecule has 1 heterocycles. The summed E-state index contributed by atoms with van der Waals surface area (Å²) in [5.74, 6) is 0. The van der Waals surface area contributed by atoms with Crippen LogP contribution in [0.25, 0.3) is 6.08 Å². The van der Waals surface area contributed by atoms with E-state index in [0.717, 1.165) is 11.3 Å². The molecule has 0 amide bonds. The van der Waals surface area contributed by atoms with Crippen molar-refractivity contribution in [2.75, 3.05) is 7.11 Å². The second-order valence-electron chi connectivity index (χ2n) is 2.27. The van der Waals surface area contributed by atoms with Gasteiger partial charge in [-0.15, -0.1) is 0 Å². The van der Waals surface area contributed by atoms with Crippen LogP contribution in [0.4, 0.5) is 0 Å². The summed E-state index contributed by atoms with van der Waals surface area (Å²) in [5.41, 5.74) is 2.08. The molecule has 0 radical (unpaired) electrons. The molecule has 0 aromatic carbocycles. The fraction of sp³-hybridized carbons (Fsp3) is 0.222. The molecule has 1 rings (SSSR count). The third-order valence-electron chi connectivity index (χ3n) is 1.33. The Morgan fingerprint density at radius 1 is 1.45 bits per heavy atom. The predicted molar refractivity (Wildman–Crippen MR) is 45.0 cm³/mol. The molecule has 0 fully saturated rings. The fourth-order valence-electron chi connectivity index (χ4n) is 0.724. The molecule has 0 N–H and O–H groups in total. The molecule has 58 valence electrons. The molecule has 0 unspecified atom stereocenters. The molecule has 0 aliphatic heterocycles. The predicted octanol–water partition coefficient (Wildman–Crippen LogP) is 2.01. The first kappa shape index (κ1) is 7.79. The van der Waals surface area contributed by atoms with Gasteiger partial charge in [-0.05, 0) is 24.6 Å². The molecule has 0 aliphatic carbocycles. The van der Waals surface area contributed by atoms with Gasteiger partial charge in [0.1, 0.15) is 0 Å². The van der Waals surface area contributed by atoms with Gasteiger partial charge in [0, 0.05) is 11.9 Å². The summed E-state index contributed by atoms with van der Waals surface area (Å²) in [6.07, 6.45) is 5.31. The molecule has 0 atom stereocenters. The monoisotopic (exact) mass is 149 g/mol. The Bertz CT molecular complexity index is 238. The average Bonchev–Trinajstić information content (AvgIpc) is 2.04. The Balaban J connectivity index is 2.73. The summed E-state index contributed by atoms with van der Waals surface area (Å²) in [5, 5.41) is 0. The van der Waals surface area contributed by atoms with Crippen LogP contribution in [-0.4, -0.2) is 12.1 Å². The number of ether oxygens (including phenoxy) is 1. The number of aryl methyl sites for hydroxylation is 1. The lowest BCUT2D eigenvalue weighted by molar-refractivity contribution is 0.341. The molecular formula is C9H11NO. The van der Waals surface area contributed by atoms with E-state index in [0.29, 0.717) is 0 Å². The fourth-order valence-corrected chi connectivity index (χ4v) is 0.724. The highest BCUT2D eigenvalue weighted by Gasteiger charge is 1.85. The van der Waals surface area contributed by atoms with Crippen molar-refractivity contribution in [1.82, 2.24) is 4.98 Å². The number of pyridine rings is 1. The van der Waals surface area contributed by atoms with Crippen molar-refractivity contribution in [3.63, 3.8) is 0 Å². The van der Waals surface area contributed by atoms with Crippen LogP contribution in [0.15, 0.2) is 24.6 Å².